The first-order valence-electron chi connectivity index (χ1n) is 7.54. The fourth-order valence-corrected chi connectivity index (χ4v) is 3.37. The Hall–Kier alpha value is -1.10. The van der Waals surface area contributed by atoms with Gasteiger partial charge in [-0.3, -0.25) is 0 Å². The van der Waals surface area contributed by atoms with Gasteiger partial charge in [0, 0.05) is 5.56 Å². The minimum absolute atomic E-state index is 0.0445. The Bertz CT molecular complexity index is 673. The molecule has 0 saturated carbocycles. The third-order valence-corrected chi connectivity index (χ3v) is 4.96. The molecule has 1 aliphatic rings. The first-order valence-corrected chi connectivity index (χ1v) is 8.46. The number of benzene rings is 2. The van der Waals surface area contributed by atoms with Crippen LogP contribution in [0.15, 0.2) is 36.4 Å². The molecule has 2 aromatic carbocycles. The fourth-order valence-electron chi connectivity index (χ4n) is 2.89. The van der Waals surface area contributed by atoms with E-state index < -0.39 is 5.79 Å². The lowest BCUT2D eigenvalue weighted by Crippen LogP contribution is -2.36. The van der Waals surface area contributed by atoms with Gasteiger partial charge >= 0.3 is 0 Å². The van der Waals surface area contributed by atoms with Gasteiger partial charge in [-0.2, -0.15) is 0 Å². The van der Waals surface area contributed by atoms with Crippen molar-refractivity contribution in [2.75, 3.05) is 7.11 Å². The fraction of sp³-hybridized carbons (Fsp3) is 0.444. The molecular weight excluding hydrogens is 344 g/mol. The predicted molar refractivity (Wildman–Crippen MR) is 91.7 cm³/mol. The molecule has 4 atom stereocenters. The zero-order chi connectivity index (χ0) is 15.9. The molecule has 0 aliphatic carbocycles. The van der Waals surface area contributed by atoms with E-state index in [0.717, 1.165) is 22.1 Å². The molecule has 0 spiro atoms. The topological polar surface area (TPSA) is 27.7 Å². The van der Waals surface area contributed by atoms with E-state index >= 15 is 0 Å². The summed E-state index contributed by atoms with van der Waals surface area (Å²) >= 11 is 3.67. The van der Waals surface area contributed by atoms with Crippen LogP contribution in [0.25, 0.3) is 10.8 Å². The molecule has 4 heteroatoms. The summed E-state index contributed by atoms with van der Waals surface area (Å²) in [5, 5.41) is 2.28. The van der Waals surface area contributed by atoms with Crippen molar-refractivity contribution >= 4 is 26.7 Å². The van der Waals surface area contributed by atoms with Gasteiger partial charge in [0.2, 0.25) is 5.79 Å². The Labute approximate surface area is 139 Å². The van der Waals surface area contributed by atoms with Crippen molar-refractivity contribution in [3.05, 3.63) is 42.0 Å². The Kier molecular flexibility index (Phi) is 4.19. The predicted octanol–water partition coefficient (Wildman–Crippen LogP) is 4.61. The van der Waals surface area contributed by atoms with Crippen LogP contribution in [0, 0.1) is 0 Å². The van der Waals surface area contributed by atoms with Gasteiger partial charge in [-0.25, -0.2) is 0 Å². The summed E-state index contributed by atoms with van der Waals surface area (Å²) in [6.07, 6.45) is 0.123. The standard InChI is InChI=1S/C18H21BrO3/c1-11-12(2)22-18(21-11,13(3)19)16-7-5-15-10-17(20-4)8-6-14(15)9-16/h5-13H,1-4H3/t11-,12?,13?,18?/m0/s1. The first-order chi connectivity index (χ1) is 10.5. The molecule has 0 N–H and O–H groups in total. The summed E-state index contributed by atoms with van der Waals surface area (Å²) in [5.41, 5.74) is 1.03. The van der Waals surface area contributed by atoms with Crippen molar-refractivity contribution in [2.24, 2.45) is 0 Å². The monoisotopic (exact) mass is 364 g/mol. The smallest absolute Gasteiger partial charge is 0.208 e. The van der Waals surface area contributed by atoms with Crippen molar-refractivity contribution in [2.45, 2.75) is 43.6 Å². The molecule has 3 rings (SSSR count). The van der Waals surface area contributed by atoms with Gasteiger partial charge in [0.1, 0.15) is 5.75 Å². The van der Waals surface area contributed by atoms with Crippen LogP contribution in [0.1, 0.15) is 26.3 Å². The van der Waals surface area contributed by atoms with Crippen molar-refractivity contribution in [1.82, 2.24) is 0 Å². The van der Waals surface area contributed by atoms with E-state index in [4.69, 9.17) is 14.2 Å². The van der Waals surface area contributed by atoms with E-state index in [9.17, 15) is 0 Å². The molecule has 22 heavy (non-hydrogen) atoms. The quantitative estimate of drug-likeness (QED) is 0.744. The van der Waals surface area contributed by atoms with E-state index in [0.29, 0.717) is 0 Å². The summed E-state index contributed by atoms with van der Waals surface area (Å²) in [6, 6.07) is 12.4. The van der Waals surface area contributed by atoms with Crippen LogP contribution in [0.2, 0.25) is 0 Å². The molecule has 0 radical (unpaired) electrons. The van der Waals surface area contributed by atoms with E-state index in [2.05, 4.69) is 47.1 Å². The molecule has 3 nitrogen and oxygen atoms in total. The average Bonchev–Trinajstić information content (AvgIpc) is 2.83. The molecule has 1 fully saturated rings. The second-order valence-corrected chi connectivity index (χ2v) is 7.23. The van der Waals surface area contributed by atoms with Gasteiger partial charge in [-0.15, -0.1) is 0 Å². The molecule has 0 aromatic heterocycles. The third kappa shape index (κ3) is 2.53. The van der Waals surface area contributed by atoms with Gasteiger partial charge in [0.25, 0.3) is 0 Å². The number of ether oxygens (including phenoxy) is 3. The normalized spacial score (nSPS) is 29.7. The molecule has 1 saturated heterocycles. The Balaban J connectivity index is 2.08. The maximum atomic E-state index is 6.21. The lowest BCUT2D eigenvalue weighted by Gasteiger charge is -2.31. The Morgan fingerprint density at radius 1 is 1.05 bits per heavy atom. The van der Waals surface area contributed by atoms with Gasteiger partial charge in [0.05, 0.1) is 24.1 Å². The van der Waals surface area contributed by atoms with Gasteiger partial charge in [-0.05, 0) is 49.7 Å². The van der Waals surface area contributed by atoms with E-state index in [1.165, 1.54) is 0 Å². The maximum Gasteiger partial charge on any atom is 0.208 e. The van der Waals surface area contributed by atoms with Gasteiger partial charge in [-0.1, -0.05) is 34.1 Å². The van der Waals surface area contributed by atoms with Crippen molar-refractivity contribution < 1.29 is 14.2 Å². The molecule has 0 amide bonds. The van der Waals surface area contributed by atoms with Crippen LogP contribution in [0.4, 0.5) is 0 Å². The van der Waals surface area contributed by atoms with Crippen molar-refractivity contribution in [3.63, 3.8) is 0 Å². The third-order valence-electron chi connectivity index (χ3n) is 4.36. The van der Waals surface area contributed by atoms with Crippen LogP contribution < -0.4 is 4.74 Å². The van der Waals surface area contributed by atoms with Crippen LogP contribution in [-0.2, 0) is 15.3 Å². The number of hydrogen-bond donors (Lipinski definition) is 0. The lowest BCUT2D eigenvalue weighted by atomic mass is 9.99. The molecule has 0 bridgehead atoms. The molecule has 118 valence electrons. The van der Waals surface area contributed by atoms with E-state index in [1.54, 1.807) is 7.11 Å². The lowest BCUT2D eigenvalue weighted by molar-refractivity contribution is -0.178. The molecule has 3 unspecified atom stereocenters. The number of fused-ring (bicyclic) bond motifs is 1. The SMILES string of the molecule is COc1ccc2cc(C3(C(C)Br)OC(C)[C@H](C)O3)ccc2c1. The highest BCUT2D eigenvalue weighted by molar-refractivity contribution is 9.09. The minimum Gasteiger partial charge on any atom is -0.497 e. The largest absolute Gasteiger partial charge is 0.497 e. The number of rotatable bonds is 3. The van der Waals surface area contributed by atoms with Crippen LogP contribution >= 0.6 is 15.9 Å². The average molecular weight is 365 g/mol. The summed E-state index contributed by atoms with van der Waals surface area (Å²) in [7, 11) is 1.68. The number of hydrogen-bond acceptors (Lipinski definition) is 3. The maximum absolute atomic E-state index is 6.21. The summed E-state index contributed by atoms with van der Waals surface area (Å²) < 4.78 is 17.7. The Morgan fingerprint density at radius 2 is 1.64 bits per heavy atom. The molecule has 1 aliphatic heterocycles. The van der Waals surface area contributed by atoms with Crippen LogP contribution in [0.5, 0.6) is 5.75 Å². The van der Waals surface area contributed by atoms with E-state index in [-0.39, 0.29) is 17.0 Å². The van der Waals surface area contributed by atoms with Crippen LogP contribution in [0.3, 0.4) is 0 Å². The van der Waals surface area contributed by atoms with Crippen molar-refractivity contribution in [1.29, 1.82) is 0 Å². The summed E-state index contributed by atoms with van der Waals surface area (Å²) in [4.78, 5) is 0.0445. The van der Waals surface area contributed by atoms with Crippen molar-refractivity contribution in [3.8, 4) is 5.75 Å². The highest BCUT2D eigenvalue weighted by Gasteiger charge is 2.48. The minimum atomic E-state index is -0.743. The second-order valence-electron chi connectivity index (χ2n) is 5.86. The summed E-state index contributed by atoms with van der Waals surface area (Å²) in [6.45, 7) is 6.16. The summed E-state index contributed by atoms with van der Waals surface area (Å²) in [5.74, 6) is 0.117. The Morgan fingerprint density at radius 3 is 2.23 bits per heavy atom. The van der Waals surface area contributed by atoms with Crippen LogP contribution in [-0.4, -0.2) is 24.1 Å². The first kappa shape index (κ1) is 15.8. The number of alkyl halides is 1. The zero-order valence-electron chi connectivity index (χ0n) is 13.3. The van der Waals surface area contributed by atoms with E-state index in [1.807, 2.05) is 26.0 Å². The molecule has 1 heterocycles. The van der Waals surface area contributed by atoms with Gasteiger partial charge in [0.15, 0.2) is 0 Å². The zero-order valence-corrected chi connectivity index (χ0v) is 14.9. The highest BCUT2D eigenvalue weighted by atomic mass is 79.9. The molecular formula is C18H21BrO3. The molecule has 2 aromatic rings. The highest BCUT2D eigenvalue weighted by Crippen LogP contribution is 2.43. The number of halogens is 1. The second kappa shape index (κ2) is 5.84. The number of methoxy groups -OCH3 is 1. The van der Waals surface area contributed by atoms with Gasteiger partial charge < -0.3 is 14.2 Å².